The smallest absolute Gasteiger partial charge is 0.226 e. The second-order valence-electron chi connectivity index (χ2n) is 6.86. The molecule has 0 aliphatic carbocycles. The van der Waals surface area contributed by atoms with Crippen molar-refractivity contribution in [3.63, 3.8) is 0 Å². The number of nitrogens with zero attached hydrogens (tertiary/aromatic N) is 5. The second kappa shape index (κ2) is 6.83. The number of carbonyl (C=O) groups is 1. The first-order chi connectivity index (χ1) is 13.7. The normalized spacial score (nSPS) is 16.2. The SMILES string of the molecule is O=C(Cc1cn2ccsc2n1)N[C@H]1CCc2nnc(-c3ccc(F)cc3)n2C1. The molecule has 1 N–H and O–H groups in total. The highest BCUT2D eigenvalue weighted by Crippen LogP contribution is 2.23. The van der Waals surface area contributed by atoms with Crippen LogP contribution >= 0.6 is 11.3 Å². The standard InChI is InChI=1S/C19H17FN6OS/c20-13-3-1-12(2-4-13)18-24-23-16-6-5-14(11-26(16)18)21-17(27)9-15-10-25-7-8-28-19(25)22-15/h1-4,7-8,10,14H,5-6,9,11H2,(H,21,27)/t14-/m0/s1. The lowest BCUT2D eigenvalue weighted by molar-refractivity contribution is -0.121. The van der Waals surface area contributed by atoms with Gasteiger partial charge in [0.25, 0.3) is 0 Å². The second-order valence-corrected chi connectivity index (χ2v) is 7.74. The lowest BCUT2D eigenvalue weighted by Crippen LogP contribution is -2.41. The van der Waals surface area contributed by atoms with E-state index in [9.17, 15) is 9.18 Å². The molecule has 5 rings (SSSR count). The molecule has 4 heterocycles. The van der Waals surface area contributed by atoms with E-state index in [2.05, 4.69) is 20.5 Å². The molecule has 0 radical (unpaired) electrons. The summed E-state index contributed by atoms with van der Waals surface area (Å²) < 4.78 is 17.1. The summed E-state index contributed by atoms with van der Waals surface area (Å²) in [5.41, 5.74) is 1.57. The molecule has 1 atom stereocenters. The number of aromatic nitrogens is 5. The van der Waals surface area contributed by atoms with Crippen LogP contribution in [0.5, 0.6) is 0 Å². The predicted octanol–water partition coefficient (Wildman–Crippen LogP) is 2.47. The zero-order valence-electron chi connectivity index (χ0n) is 14.9. The largest absolute Gasteiger partial charge is 0.351 e. The number of hydrogen-bond donors (Lipinski definition) is 1. The van der Waals surface area contributed by atoms with Crippen molar-refractivity contribution < 1.29 is 9.18 Å². The van der Waals surface area contributed by atoms with Crippen LogP contribution in [0.3, 0.4) is 0 Å². The van der Waals surface area contributed by atoms with Gasteiger partial charge < -0.3 is 9.88 Å². The zero-order valence-corrected chi connectivity index (χ0v) is 15.7. The monoisotopic (exact) mass is 396 g/mol. The number of imidazole rings is 1. The molecule has 0 fully saturated rings. The summed E-state index contributed by atoms with van der Waals surface area (Å²) >= 11 is 1.54. The van der Waals surface area contributed by atoms with Crippen LogP contribution in [-0.2, 0) is 24.2 Å². The highest BCUT2D eigenvalue weighted by Gasteiger charge is 2.25. The van der Waals surface area contributed by atoms with E-state index < -0.39 is 0 Å². The number of amides is 1. The number of aryl methyl sites for hydroxylation is 1. The van der Waals surface area contributed by atoms with E-state index in [1.807, 2.05) is 26.7 Å². The van der Waals surface area contributed by atoms with Gasteiger partial charge in [-0.25, -0.2) is 9.37 Å². The minimum Gasteiger partial charge on any atom is -0.351 e. The maximum atomic E-state index is 13.2. The number of halogens is 1. The molecule has 1 aromatic carbocycles. The predicted molar refractivity (Wildman–Crippen MR) is 102 cm³/mol. The fraction of sp³-hybridized carbons (Fsp3) is 0.263. The summed E-state index contributed by atoms with van der Waals surface area (Å²) in [6, 6.07) is 6.21. The van der Waals surface area contributed by atoms with Gasteiger partial charge in [-0.3, -0.25) is 9.20 Å². The maximum Gasteiger partial charge on any atom is 0.226 e. The van der Waals surface area contributed by atoms with Gasteiger partial charge in [0.2, 0.25) is 5.91 Å². The molecule has 7 nitrogen and oxygen atoms in total. The van der Waals surface area contributed by atoms with Gasteiger partial charge in [-0.05, 0) is 30.7 Å². The van der Waals surface area contributed by atoms with Crippen LogP contribution in [0.25, 0.3) is 16.3 Å². The average Bonchev–Trinajstić information content (AvgIpc) is 3.37. The molecule has 1 aliphatic heterocycles. The molecular formula is C19H17FN6OS. The number of rotatable bonds is 4. The Labute approximate surface area is 163 Å². The quantitative estimate of drug-likeness (QED) is 0.575. The van der Waals surface area contributed by atoms with E-state index in [0.29, 0.717) is 12.4 Å². The van der Waals surface area contributed by atoms with Crippen molar-refractivity contribution in [2.24, 2.45) is 0 Å². The summed E-state index contributed by atoms with van der Waals surface area (Å²) in [4.78, 5) is 17.8. The van der Waals surface area contributed by atoms with Gasteiger partial charge in [-0.15, -0.1) is 21.5 Å². The van der Waals surface area contributed by atoms with Gasteiger partial charge in [-0.2, -0.15) is 0 Å². The Morgan fingerprint density at radius 1 is 1.29 bits per heavy atom. The Morgan fingerprint density at radius 3 is 2.96 bits per heavy atom. The van der Waals surface area contributed by atoms with E-state index in [1.165, 1.54) is 12.1 Å². The highest BCUT2D eigenvalue weighted by atomic mass is 32.1. The molecule has 142 valence electrons. The Bertz CT molecular complexity index is 1120. The van der Waals surface area contributed by atoms with E-state index in [0.717, 1.165) is 34.9 Å². The molecule has 0 bridgehead atoms. The number of carbonyl (C=O) groups excluding carboxylic acids is 1. The third-order valence-electron chi connectivity index (χ3n) is 4.90. The Morgan fingerprint density at radius 2 is 2.14 bits per heavy atom. The summed E-state index contributed by atoms with van der Waals surface area (Å²) in [5, 5.41) is 13.6. The first-order valence-corrected chi connectivity index (χ1v) is 9.92. The van der Waals surface area contributed by atoms with Gasteiger partial charge in [0.05, 0.1) is 12.1 Å². The molecular weight excluding hydrogens is 379 g/mol. The third-order valence-corrected chi connectivity index (χ3v) is 5.67. The highest BCUT2D eigenvalue weighted by molar-refractivity contribution is 7.15. The van der Waals surface area contributed by atoms with Crippen LogP contribution in [0, 0.1) is 5.82 Å². The van der Waals surface area contributed by atoms with Crippen LogP contribution in [0.2, 0.25) is 0 Å². The van der Waals surface area contributed by atoms with Gasteiger partial charge >= 0.3 is 0 Å². The minimum atomic E-state index is -0.286. The average molecular weight is 396 g/mol. The summed E-state index contributed by atoms with van der Waals surface area (Å²) in [7, 11) is 0. The van der Waals surface area contributed by atoms with Crippen LogP contribution in [0.4, 0.5) is 4.39 Å². The number of benzene rings is 1. The summed E-state index contributed by atoms with van der Waals surface area (Å²) in [6.07, 6.45) is 5.62. The Hall–Kier alpha value is -3.07. The van der Waals surface area contributed by atoms with Gasteiger partial charge in [0, 0.05) is 42.3 Å². The molecule has 1 amide bonds. The van der Waals surface area contributed by atoms with Crippen molar-refractivity contribution in [2.45, 2.75) is 31.8 Å². The molecule has 9 heteroatoms. The van der Waals surface area contributed by atoms with Crippen LogP contribution in [0.1, 0.15) is 17.9 Å². The van der Waals surface area contributed by atoms with Crippen molar-refractivity contribution in [3.8, 4) is 11.4 Å². The number of nitrogens with one attached hydrogen (secondary N) is 1. The molecule has 28 heavy (non-hydrogen) atoms. The Balaban J connectivity index is 1.28. The minimum absolute atomic E-state index is 0.000990. The van der Waals surface area contributed by atoms with Gasteiger partial charge in [0.1, 0.15) is 11.6 Å². The summed E-state index contributed by atoms with van der Waals surface area (Å²) in [6.45, 7) is 0.596. The van der Waals surface area contributed by atoms with Gasteiger partial charge in [-0.1, -0.05) is 0 Å². The van der Waals surface area contributed by atoms with Crippen LogP contribution in [0.15, 0.2) is 42.0 Å². The lowest BCUT2D eigenvalue weighted by atomic mass is 10.1. The fourth-order valence-electron chi connectivity index (χ4n) is 3.56. The molecule has 0 saturated carbocycles. The number of thiazole rings is 1. The number of hydrogen-bond acceptors (Lipinski definition) is 5. The maximum absolute atomic E-state index is 13.2. The van der Waals surface area contributed by atoms with Crippen LogP contribution < -0.4 is 5.32 Å². The van der Waals surface area contributed by atoms with Crippen LogP contribution in [-0.4, -0.2) is 36.1 Å². The van der Waals surface area contributed by atoms with Gasteiger partial charge in [0.15, 0.2) is 10.8 Å². The van der Waals surface area contributed by atoms with E-state index in [-0.39, 0.29) is 24.2 Å². The first kappa shape index (κ1) is 17.1. The van der Waals surface area contributed by atoms with Crippen molar-refractivity contribution in [1.29, 1.82) is 0 Å². The number of fused-ring (bicyclic) bond motifs is 2. The topological polar surface area (TPSA) is 77.1 Å². The third kappa shape index (κ3) is 3.18. The first-order valence-electron chi connectivity index (χ1n) is 9.04. The zero-order chi connectivity index (χ0) is 19.1. The molecule has 4 aromatic rings. The van der Waals surface area contributed by atoms with Crippen molar-refractivity contribution >= 4 is 22.2 Å². The fourth-order valence-corrected chi connectivity index (χ4v) is 4.28. The lowest BCUT2D eigenvalue weighted by Gasteiger charge is -2.25. The van der Waals surface area contributed by atoms with E-state index in [1.54, 1.807) is 23.5 Å². The Kier molecular flexibility index (Phi) is 4.16. The van der Waals surface area contributed by atoms with E-state index in [4.69, 9.17) is 0 Å². The molecule has 0 saturated heterocycles. The van der Waals surface area contributed by atoms with Crippen molar-refractivity contribution in [1.82, 2.24) is 29.5 Å². The molecule has 0 spiro atoms. The molecule has 0 unspecified atom stereocenters. The molecule has 1 aliphatic rings. The van der Waals surface area contributed by atoms with E-state index >= 15 is 0 Å². The van der Waals surface area contributed by atoms with Crippen molar-refractivity contribution in [3.05, 3.63) is 59.4 Å². The van der Waals surface area contributed by atoms with Crippen molar-refractivity contribution in [2.75, 3.05) is 0 Å². The summed E-state index contributed by atoms with van der Waals surface area (Å²) in [5.74, 6) is 1.25. The molecule has 3 aromatic heterocycles.